The van der Waals surface area contributed by atoms with Crippen LogP contribution in [0.15, 0.2) is 23.0 Å². The summed E-state index contributed by atoms with van der Waals surface area (Å²) in [7, 11) is 0. The lowest BCUT2D eigenvalue weighted by Crippen LogP contribution is -2.17. The lowest BCUT2D eigenvalue weighted by molar-refractivity contribution is 0.0889. The van der Waals surface area contributed by atoms with Gasteiger partial charge < -0.3 is 4.74 Å². The third-order valence-corrected chi connectivity index (χ3v) is 5.30. The molecule has 1 aliphatic rings. The predicted molar refractivity (Wildman–Crippen MR) is 88.6 cm³/mol. The Bertz CT molecular complexity index is 725. The first-order chi connectivity index (χ1) is 10.7. The summed E-state index contributed by atoms with van der Waals surface area (Å²) in [6.07, 6.45) is 5.54. The molecule has 0 aliphatic heterocycles. The van der Waals surface area contributed by atoms with Crippen LogP contribution >= 0.6 is 11.3 Å². The van der Waals surface area contributed by atoms with Gasteiger partial charge in [-0.1, -0.05) is 30.6 Å². The van der Waals surface area contributed by atoms with Crippen molar-refractivity contribution in [1.82, 2.24) is 4.57 Å². The van der Waals surface area contributed by atoms with Crippen molar-refractivity contribution in [3.63, 3.8) is 0 Å². The van der Waals surface area contributed by atoms with Gasteiger partial charge in [-0.05, 0) is 38.0 Å². The Morgan fingerprint density at radius 1 is 1.32 bits per heavy atom. The molecule has 1 fully saturated rings. The van der Waals surface area contributed by atoms with Crippen molar-refractivity contribution in [1.29, 1.82) is 0 Å². The van der Waals surface area contributed by atoms with E-state index in [1.54, 1.807) is 4.57 Å². The molecule has 0 N–H and O–H groups in total. The van der Waals surface area contributed by atoms with Crippen molar-refractivity contribution in [2.24, 2.45) is 5.92 Å². The maximum atomic E-state index is 12.6. The van der Waals surface area contributed by atoms with Crippen LogP contribution in [0.2, 0.25) is 0 Å². The van der Waals surface area contributed by atoms with E-state index in [2.05, 4.69) is 0 Å². The molecule has 1 aromatic carbocycles. The molecular weight excluding hydrogens is 298 g/mol. The van der Waals surface area contributed by atoms with Crippen LogP contribution in [0.4, 0.5) is 0 Å². The molecule has 0 unspecified atom stereocenters. The number of carbonyl (C=O) groups excluding carboxylic acids is 1. The van der Waals surface area contributed by atoms with Gasteiger partial charge in [-0.3, -0.25) is 14.2 Å². The number of Topliss-reactive ketones (excluding diaryl/α,β-unsaturated/α-hetero) is 1. The van der Waals surface area contributed by atoms with E-state index in [0.29, 0.717) is 6.61 Å². The molecule has 5 heteroatoms. The summed E-state index contributed by atoms with van der Waals surface area (Å²) < 4.78 is 7.83. The van der Waals surface area contributed by atoms with Gasteiger partial charge in [-0.25, -0.2) is 0 Å². The second-order valence-corrected chi connectivity index (χ2v) is 6.79. The Morgan fingerprint density at radius 3 is 2.82 bits per heavy atom. The minimum absolute atomic E-state index is 0.0364. The Hall–Kier alpha value is -1.46. The fourth-order valence-corrected chi connectivity index (χ4v) is 4.04. The number of hydrogen-bond donors (Lipinski definition) is 0. The van der Waals surface area contributed by atoms with Crippen LogP contribution in [-0.2, 0) is 11.5 Å². The van der Waals surface area contributed by atoms with E-state index in [-0.39, 0.29) is 23.3 Å². The molecule has 0 atom stereocenters. The molecule has 0 saturated heterocycles. The first-order valence-electron chi connectivity index (χ1n) is 7.96. The van der Waals surface area contributed by atoms with E-state index < -0.39 is 0 Å². The molecule has 1 heterocycles. The number of ether oxygens (including phenoxy) is 1. The van der Waals surface area contributed by atoms with E-state index in [4.69, 9.17) is 4.74 Å². The molecule has 4 nitrogen and oxygen atoms in total. The molecule has 0 spiro atoms. The summed E-state index contributed by atoms with van der Waals surface area (Å²) in [5.74, 6) is 0.396. The van der Waals surface area contributed by atoms with Gasteiger partial charge >= 0.3 is 4.87 Å². The average Bonchev–Trinajstić information content (AvgIpc) is 2.87. The highest BCUT2D eigenvalue weighted by atomic mass is 32.1. The lowest BCUT2D eigenvalue weighted by atomic mass is 9.84. The molecule has 22 heavy (non-hydrogen) atoms. The summed E-state index contributed by atoms with van der Waals surface area (Å²) in [5.41, 5.74) is 1.59. The topological polar surface area (TPSA) is 48.3 Å². The molecule has 1 aromatic heterocycles. The molecular formula is C17H21NO3S. The van der Waals surface area contributed by atoms with E-state index in [0.717, 1.165) is 41.5 Å². The maximum Gasteiger partial charge on any atom is 0.310 e. The van der Waals surface area contributed by atoms with Crippen molar-refractivity contribution in [3.8, 4) is 0 Å². The summed E-state index contributed by atoms with van der Waals surface area (Å²) in [6, 6.07) is 5.61. The zero-order chi connectivity index (χ0) is 15.5. The number of carbonyl (C=O) groups is 1. The van der Waals surface area contributed by atoms with Gasteiger partial charge in [-0.2, -0.15) is 0 Å². The van der Waals surface area contributed by atoms with Crippen LogP contribution in [0.1, 0.15) is 49.4 Å². The predicted octanol–water partition coefficient (Wildman–Crippen LogP) is 3.82. The van der Waals surface area contributed by atoms with Crippen molar-refractivity contribution < 1.29 is 9.53 Å². The molecule has 3 rings (SSSR count). The number of nitrogens with zero attached hydrogens (tertiary/aromatic N) is 1. The third kappa shape index (κ3) is 3.01. The monoisotopic (exact) mass is 319 g/mol. The maximum absolute atomic E-state index is 12.6. The molecule has 0 amide bonds. The summed E-state index contributed by atoms with van der Waals surface area (Å²) in [6.45, 7) is 2.74. The van der Waals surface area contributed by atoms with Crippen LogP contribution in [-0.4, -0.2) is 17.0 Å². The number of fused-ring (bicyclic) bond motifs is 1. The van der Waals surface area contributed by atoms with Crippen molar-refractivity contribution in [2.75, 3.05) is 6.61 Å². The number of hydrogen-bond acceptors (Lipinski definition) is 4. The van der Waals surface area contributed by atoms with Gasteiger partial charge in [-0.15, -0.1) is 0 Å². The summed E-state index contributed by atoms with van der Waals surface area (Å²) in [4.78, 5) is 24.6. The van der Waals surface area contributed by atoms with Crippen LogP contribution in [0.3, 0.4) is 0 Å². The van der Waals surface area contributed by atoms with Gasteiger partial charge in [0.25, 0.3) is 0 Å². The Labute approximate surface area is 133 Å². The highest BCUT2D eigenvalue weighted by molar-refractivity contribution is 7.16. The number of aromatic nitrogens is 1. The van der Waals surface area contributed by atoms with Gasteiger partial charge in [0.05, 0.1) is 10.2 Å². The highest BCUT2D eigenvalue weighted by Crippen LogP contribution is 2.28. The smallest absolute Gasteiger partial charge is 0.310 e. The largest absolute Gasteiger partial charge is 0.361 e. The highest BCUT2D eigenvalue weighted by Gasteiger charge is 2.23. The Balaban J connectivity index is 1.90. The lowest BCUT2D eigenvalue weighted by Gasteiger charge is -2.20. The van der Waals surface area contributed by atoms with E-state index >= 15 is 0 Å². The van der Waals surface area contributed by atoms with Gasteiger partial charge in [0.15, 0.2) is 5.78 Å². The summed E-state index contributed by atoms with van der Waals surface area (Å²) in [5, 5.41) is 0. The van der Waals surface area contributed by atoms with Crippen molar-refractivity contribution >= 4 is 27.3 Å². The molecule has 1 saturated carbocycles. The average molecular weight is 319 g/mol. The van der Waals surface area contributed by atoms with E-state index in [9.17, 15) is 9.59 Å². The molecule has 0 bridgehead atoms. The Kier molecular flexibility index (Phi) is 4.74. The molecule has 1 aliphatic carbocycles. The number of thiazole rings is 1. The zero-order valence-corrected chi connectivity index (χ0v) is 13.7. The first-order valence-corrected chi connectivity index (χ1v) is 8.77. The zero-order valence-electron chi connectivity index (χ0n) is 12.8. The quantitative estimate of drug-likeness (QED) is 0.787. The van der Waals surface area contributed by atoms with Gasteiger partial charge in [0.1, 0.15) is 6.73 Å². The standard InChI is InChI=1S/C17H21NO3S/c1-2-21-11-18-14-9-8-13(10-15(14)22-17(18)20)16(19)12-6-4-3-5-7-12/h8-10,12H,2-7,11H2,1H3. The van der Waals surface area contributed by atoms with Crippen molar-refractivity contribution in [3.05, 3.63) is 33.4 Å². The molecule has 2 aromatic rings. The fourth-order valence-electron chi connectivity index (χ4n) is 3.12. The van der Waals surface area contributed by atoms with Crippen LogP contribution < -0.4 is 4.87 Å². The molecule has 0 radical (unpaired) electrons. The van der Waals surface area contributed by atoms with E-state index in [1.165, 1.54) is 17.8 Å². The van der Waals surface area contributed by atoms with Crippen molar-refractivity contribution in [2.45, 2.75) is 45.8 Å². The second-order valence-electron chi connectivity index (χ2n) is 5.80. The first kappa shape index (κ1) is 15.4. The van der Waals surface area contributed by atoms with E-state index in [1.807, 2.05) is 25.1 Å². The minimum atomic E-state index is -0.0364. The minimum Gasteiger partial charge on any atom is -0.361 e. The SMILES string of the molecule is CCOCn1c(=O)sc2cc(C(=O)C3CCCCC3)ccc21. The fraction of sp³-hybridized carbons (Fsp3) is 0.529. The number of benzene rings is 1. The third-order valence-electron chi connectivity index (χ3n) is 4.35. The number of rotatable bonds is 5. The van der Waals surface area contributed by atoms with Gasteiger partial charge in [0, 0.05) is 18.1 Å². The Morgan fingerprint density at radius 2 is 2.09 bits per heavy atom. The van der Waals surface area contributed by atoms with Gasteiger partial charge in [0.2, 0.25) is 0 Å². The summed E-state index contributed by atoms with van der Waals surface area (Å²) >= 11 is 1.18. The normalized spacial score (nSPS) is 16.2. The second kappa shape index (κ2) is 6.75. The number of ketones is 1. The van der Waals surface area contributed by atoms with Crippen LogP contribution in [0.5, 0.6) is 0 Å². The molecule has 118 valence electrons. The van der Waals surface area contributed by atoms with Crippen LogP contribution in [0, 0.1) is 5.92 Å². The van der Waals surface area contributed by atoms with Crippen LogP contribution in [0.25, 0.3) is 10.2 Å².